The number of piperidine rings is 1. The van der Waals surface area contributed by atoms with Crippen molar-refractivity contribution in [2.75, 3.05) is 19.6 Å². The highest BCUT2D eigenvalue weighted by molar-refractivity contribution is 5.82. The molecule has 82 valence electrons. The zero-order chi connectivity index (χ0) is 10.6. The van der Waals surface area contributed by atoms with Gasteiger partial charge >= 0.3 is 0 Å². The van der Waals surface area contributed by atoms with Crippen molar-refractivity contribution in [2.45, 2.75) is 39.2 Å². The van der Waals surface area contributed by atoms with E-state index in [1.165, 1.54) is 0 Å². The summed E-state index contributed by atoms with van der Waals surface area (Å²) in [5.41, 5.74) is 0. The van der Waals surface area contributed by atoms with Gasteiger partial charge in [-0.3, -0.25) is 4.79 Å². The first kappa shape index (κ1) is 11.7. The van der Waals surface area contributed by atoms with E-state index in [0.29, 0.717) is 12.2 Å². The van der Waals surface area contributed by atoms with Gasteiger partial charge in [0.2, 0.25) is 0 Å². The van der Waals surface area contributed by atoms with Gasteiger partial charge in [0.05, 0.1) is 6.10 Å². The number of hydrogen-bond acceptors (Lipinski definition) is 3. The summed E-state index contributed by atoms with van der Waals surface area (Å²) in [5.74, 6) is 0.651. The minimum Gasteiger partial charge on any atom is -0.393 e. The van der Waals surface area contributed by atoms with Gasteiger partial charge in [0.15, 0.2) is 0 Å². The van der Waals surface area contributed by atoms with E-state index < -0.39 is 0 Å². The standard InChI is InChI=1S/C11H21NO2/c1-3-10-8-12(6-4-9(2)13)7-5-11(10)14/h9-10,13H,3-8H2,1-2H3. The molecule has 1 fully saturated rings. The summed E-state index contributed by atoms with van der Waals surface area (Å²) >= 11 is 0. The van der Waals surface area contributed by atoms with E-state index >= 15 is 0 Å². The number of aliphatic hydroxyl groups is 1. The topological polar surface area (TPSA) is 40.5 Å². The quantitative estimate of drug-likeness (QED) is 0.736. The van der Waals surface area contributed by atoms with Gasteiger partial charge in [-0.2, -0.15) is 0 Å². The largest absolute Gasteiger partial charge is 0.393 e. The lowest BCUT2D eigenvalue weighted by Gasteiger charge is -2.31. The van der Waals surface area contributed by atoms with Crippen LogP contribution in [0.4, 0.5) is 0 Å². The molecule has 2 atom stereocenters. The molecule has 0 amide bonds. The Labute approximate surface area is 86.1 Å². The predicted molar refractivity (Wildman–Crippen MR) is 56.1 cm³/mol. The van der Waals surface area contributed by atoms with Crippen molar-refractivity contribution in [1.82, 2.24) is 4.90 Å². The average Bonchev–Trinajstić information content (AvgIpc) is 2.16. The molecule has 0 bridgehead atoms. The van der Waals surface area contributed by atoms with E-state index in [0.717, 1.165) is 32.5 Å². The molecule has 0 spiro atoms. The lowest BCUT2D eigenvalue weighted by Crippen LogP contribution is -2.41. The third kappa shape index (κ3) is 3.39. The van der Waals surface area contributed by atoms with Crippen molar-refractivity contribution < 1.29 is 9.90 Å². The molecule has 14 heavy (non-hydrogen) atoms. The van der Waals surface area contributed by atoms with E-state index in [-0.39, 0.29) is 12.0 Å². The number of rotatable bonds is 4. The van der Waals surface area contributed by atoms with Crippen LogP contribution in [0, 0.1) is 5.92 Å². The zero-order valence-electron chi connectivity index (χ0n) is 9.20. The van der Waals surface area contributed by atoms with E-state index in [2.05, 4.69) is 11.8 Å². The number of nitrogens with zero attached hydrogens (tertiary/aromatic N) is 1. The number of likely N-dealkylation sites (tertiary alicyclic amines) is 1. The normalized spacial score (nSPS) is 26.5. The van der Waals surface area contributed by atoms with Gasteiger partial charge in [0.1, 0.15) is 5.78 Å². The number of carbonyl (C=O) groups is 1. The molecule has 1 heterocycles. The molecule has 0 aromatic carbocycles. The highest BCUT2D eigenvalue weighted by Gasteiger charge is 2.25. The van der Waals surface area contributed by atoms with Crippen LogP contribution in [0.1, 0.15) is 33.1 Å². The van der Waals surface area contributed by atoms with Crippen LogP contribution in [0.25, 0.3) is 0 Å². The number of aliphatic hydroxyl groups excluding tert-OH is 1. The molecule has 0 aromatic heterocycles. The Morgan fingerprint density at radius 1 is 1.64 bits per heavy atom. The molecular weight excluding hydrogens is 178 g/mol. The van der Waals surface area contributed by atoms with Gasteiger partial charge in [-0.05, 0) is 19.8 Å². The molecule has 1 aliphatic rings. The number of carbonyl (C=O) groups excluding carboxylic acids is 1. The first-order chi connectivity index (χ1) is 6.63. The molecule has 0 saturated carbocycles. The van der Waals surface area contributed by atoms with Crippen LogP contribution < -0.4 is 0 Å². The Morgan fingerprint density at radius 2 is 2.36 bits per heavy atom. The summed E-state index contributed by atoms with van der Waals surface area (Å²) in [4.78, 5) is 13.7. The molecule has 1 rings (SSSR count). The first-order valence-corrected chi connectivity index (χ1v) is 5.56. The molecule has 0 aliphatic carbocycles. The van der Waals surface area contributed by atoms with Crippen LogP contribution in [0.5, 0.6) is 0 Å². The Bertz CT molecular complexity index is 192. The van der Waals surface area contributed by atoms with Crippen LogP contribution in [0.15, 0.2) is 0 Å². The summed E-state index contributed by atoms with van der Waals surface area (Å²) in [6.07, 6.45) is 2.22. The number of ketones is 1. The van der Waals surface area contributed by atoms with Gasteiger partial charge < -0.3 is 10.0 Å². The minimum atomic E-state index is -0.229. The van der Waals surface area contributed by atoms with Crippen molar-refractivity contribution in [1.29, 1.82) is 0 Å². The van der Waals surface area contributed by atoms with Crippen molar-refractivity contribution in [3.63, 3.8) is 0 Å². The van der Waals surface area contributed by atoms with E-state index in [1.807, 2.05) is 6.92 Å². The van der Waals surface area contributed by atoms with Crippen LogP contribution >= 0.6 is 0 Å². The molecule has 3 heteroatoms. The molecule has 1 saturated heterocycles. The molecule has 0 aromatic rings. The van der Waals surface area contributed by atoms with Crippen molar-refractivity contribution in [2.24, 2.45) is 5.92 Å². The van der Waals surface area contributed by atoms with E-state index in [1.54, 1.807) is 0 Å². The van der Waals surface area contributed by atoms with Gasteiger partial charge in [-0.15, -0.1) is 0 Å². The van der Waals surface area contributed by atoms with E-state index in [9.17, 15) is 4.79 Å². The van der Waals surface area contributed by atoms with Gasteiger partial charge in [-0.1, -0.05) is 6.92 Å². The minimum absolute atomic E-state index is 0.229. The third-order valence-corrected chi connectivity index (χ3v) is 2.96. The summed E-state index contributed by atoms with van der Waals surface area (Å²) in [6.45, 7) is 6.57. The molecule has 2 unspecified atom stereocenters. The maximum absolute atomic E-state index is 11.4. The Morgan fingerprint density at radius 3 is 2.93 bits per heavy atom. The highest BCUT2D eigenvalue weighted by atomic mass is 16.3. The number of hydrogen-bond donors (Lipinski definition) is 1. The van der Waals surface area contributed by atoms with Crippen molar-refractivity contribution in [3.05, 3.63) is 0 Å². The summed E-state index contributed by atoms with van der Waals surface area (Å²) in [7, 11) is 0. The summed E-state index contributed by atoms with van der Waals surface area (Å²) < 4.78 is 0. The predicted octanol–water partition coefficient (Wildman–Crippen LogP) is 1.06. The fourth-order valence-corrected chi connectivity index (χ4v) is 1.91. The number of Topliss-reactive ketones (excluding diaryl/α,β-unsaturated/α-hetero) is 1. The van der Waals surface area contributed by atoms with Crippen LogP contribution in [0.2, 0.25) is 0 Å². The van der Waals surface area contributed by atoms with Crippen molar-refractivity contribution >= 4 is 5.78 Å². The Kier molecular flexibility index (Phi) is 4.55. The maximum atomic E-state index is 11.4. The summed E-state index contributed by atoms with van der Waals surface area (Å²) in [5, 5.41) is 9.16. The van der Waals surface area contributed by atoms with Crippen LogP contribution in [-0.4, -0.2) is 41.5 Å². The third-order valence-electron chi connectivity index (χ3n) is 2.96. The zero-order valence-corrected chi connectivity index (χ0v) is 9.20. The van der Waals surface area contributed by atoms with Crippen LogP contribution in [-0.2, 0) is 4.79 Å². The maximum Gasteiger partial charge on any atom is 0.138 e. The molecule has 1 N–H and O–H groups in total. The second kappa shape index (κ2) is 5.47. The average molecular weight is 199 g/mol. The van der Waals surface area contributed by atoms with Crippen molar-refractivity contribution in [3.8, 4) is 0 Å². The van der Waals surface area contributed by atoms with Gasteiger partial charge in [0.25, 0.3) is 0 Å². The smallest absolute Gasteiger partial charge is 0.138 e. The van der Waals surface area contributed by atoms with Gasteiger partial charge in [0, 0.05) is 32.0 Å². The first-order valence-electron chi connectivity index (χ1n) is 5.56. The fourth-order valence-electron chi connectivity index (χ4n) is 1.91. The SMILES string of the molecule is CCC1CN(CCC(C)O)CCC1=O. The fraction of sp³-hybridized carbons (Fsp3) is 0.909. The van der Waals surface area contributed by atoms with E-state index in [4.69, 9.17) is 5.11 Å². The monoisotopic (exact) mass is 199 g/mol. The molecule has 1 aliphatic heterocycles. The Hall–Kier alpha value is -0.410. The lowest BCUT2D eigenvalue weighted by molar-refractivity contribution is -0.126. The lowest BCUT2D eigenvalue weighted by atomic mass is 9.94. The second-order valence-electron chi connectivity index (χ2n) is 4.26. The second-order valence-corrected chi connectivity index (χ2v) is 4.26. The molecule has 3 nitrogen and oxygen atoms in total. The molecular formula is C11H21NO2. The summed E-state index contributed by atoms with van der Waals surface area (Å²) in [6, 6.07) is 0. The van der Waals surface area contributed by atoms with Gasteiger partial charge in [-0.25, -0.2) is 0 Å². The highest BCUT2D eigenvalue weighted by Crippen LogP contribution is 2.16. The Balaban J connectivity index is 2.31. The molecule has 0 radical (unpaired) electrons. The van der Waals surface area contributed by atoms with Crippen LogP contribution in [0.3, 0.4) is 0 Å².